The average Bonchev–Trinajstić information content (AvgIpc) is 2.65. The van der Waals surface area contributed by atoms with Gasteiger partial charge in [-0.2, -0.15) is 13.2 Å². The van der Waals surface area contributed by atoms with E-state index in [1.54, 1.807) is 0 Å². The Hall–Kier alpha value is -1.27. The minimum Gasteiger partial charge on any atom is -0.492 e. The fraction of sp³-hybridized carbons (Fsp3) is 0.611. The smallest absolute Gasteiger partial charge is 0.416 e. The molecular formula is C18H28F3IN4O2. The van der Waals surface area contributed by atoms with Crippen molar-refractivity contribution in [3.8, 4) is 5.75 Å². The number of nitrogens with one attached hydrogen (secondary N) is 2. The Morgan fingerprint density at radius 3 is 2.68 bits per heavy atom. The summed E-state index contributed by atoms with van der Waals surface area (Å²) in [4.78, 5) is 6.81. The molecular weight excluding hydrogens is 488 g/mol. The second kappa shape index (κ2) is 13.0. The minimum atomic E-state index is -4.37. The molecule has 0 radical (unpaired) electrons. The fourth-order valence-electron chi connectivity index (χ4n) is 2.57. The first-order valence-electron chi connectivity index (χ1n) is 9.11. The summed E-state index contributed by atoms with van der Waals surface area (Å²) in [5.41, 5.74) is -0.717. The Morgan fingerprint density at radius 1 is 1.25 bits per heavy atom. The van der Waals surface area contributed by atoms with Gasteiger partial charge in [-0.3, -0.25) is 9.89 Å². The molecule has 0 aromatic heterocycles. The topological polar surface area (TPSA) is 58.1 Å². The maximum absolute atomic E-state index is 12.7. The maximum Gasteiger partial charge on any atom is 0.416 e. The van der Waals surface area contributed by atoms with E-state index >= 15 is 0 Å². The van der Waals surface area contributed by atoms with Crippen molar-refractivity contribution in [3.63, 3.8) is 0 Å². The van der Waals surface area contributed by atoms with Crippen LogP contribution in [0.5, 0.6) is 5.75 Å². The van der Waals surface area contributed by atoms with Crippen molar-refractivity contribution < 1.29 is 22.6 Å². The summed E-state index contributed by atoms with van der Waals surface area (Å²) in [6.45, 7) is 8.23. The van der Waals surface area contributed by atoms with Gasteiger partial charge in [-0.25, -0.2) is 0 Å². The highest BCUT2D eigenvalue weighted by atomic mass is 127. The molecule has 0 spiro atoms. The quantitative estimate of drug-likeness (QED) is 0.241. The molecule has 2 N–H and O–H groups in total. The first kappa shape index (κ1) is 24.8. The van der Waals surface area contributed by atoms with Crippen LogP contribution in [0.3, 0.4) is 0 Å². The van der Waals surface area contributed by atoms with Crippen molar-refractivity contribution in [2.75, 3.05) is 59.1 Å². The molecule has 160 valence electrons. The average molecular weight is 516 g/mol. The van der Waals surface area contributed by atoms with E-state index in [4.69, 9.17) is 9.47 Å². The van der Waals surface area contributed by atoms with Gasteiger partial charge in [-0.1, -0.05) is 6.07 Å². The number of halogens is 4. The SMILES string of the molecule is CCNC(=NCCN1CCOCC1)NCCOc1cccc(C(F)(F)F)c1.I. The lowest BCUT2D eigenvalue weighted by atomic mass is 10.2. The van der Waals surface area contributed by atoms with Crippen LogP contribution in [0.2, 0.25) is 0 Å². The monoisotopic (exact) mass is 516 g/mol. The molecule has 1 aromatic carbocycles. The molecule has 10 heteroatoms. The second-order valence-electron chi connectivity index (χ2n) is 6.02. The Balaban J connectivity index is 0.00000392. The van der Waals surface area contributed by atoms with Crippen LogP contribution in [0.15, 0.2) is 29.3 Å². The van der Waals surface area contributed by atoms with Crippen LogP contribution >= 0.6 is 24.0 Å². The zero-order valence-corrected chi connectivity index (χ0v) is 18.3. The normalized spacial score (nSPS) is 15.6. The van der Waals surface area contributed by atoms with E-state index in [0.29, 0.717) is 19.0 Å². The van der Waals surface area contributed by atoms with Crippen molar-refractivity contribution in [1.82, 2.24) is 15.5 Å². The molecule has 0 bridgehead atoms. The lowest BCUT2D eigenvalue weighted by Crippen LogP contribution is -2.41. The number of hydrogen-bond acceptors (Lipinski definition) is 4. The van der Waals surface area contributed by atoms with Gasteiger partial charge in [-0.05, 0) is 25.1 Å². The summed E-state index contributed by atoms with van der Waals surface area (Å²) >= 11 is 0. The van der Waals surface area contributed by atoms with E-state index in [9.17, 15) is 13.2 Å². The van der Waals surface area contributed by atoms with E-state index in [-0.39, 0.29) is 36.3 Å². The van der Waals surface area contributed by atoms with Crippen LogP contribution in [0, 0.1) is 0 Å². The Bertz CT molecular complexity index is 596. The number of morpholine rings is 1. The zero-order valence-electron chi connectivity index (χ0n) is 15.9. The third-order valence-electron chi connectivity index (χ3n) is 3.96. The molecule has 2 rings (SSSR count). The van der Waals surface area contributed by atoms with Crippen LogP contribution in [0.1, 0.15) is 12.5 Å². The predicted molar refractivity (Wildman–Crippen MR) is 114 cm³/mol. The van der Waals surface area contributed by atoms with Gasteiger partial charge >= 0.3 is 6.18 Å². The largest absolute Gasteiger partial charge is 0.492 e. The summed E-state index contributed by atoms with van der Waals surface area (Å²) < 4.78 is 48.8. The third-order valence-corrected chi connectivity index (χ3v) is 3.96. The van der Waals surface area contributed by atoms with Gasteiger partial charge in [0.15, 0.2) is 5.96 Å². The Labute approximate surface area is 180 Å². The van der Waals surface area contributed by atoms with Gasteiger partial charge in [0, 0.05) is 26.2 Å². The first-order chi connectivity index (χ1) is 13.0. The molecule has 6 nitrogen and oxygen atoms in total. The molecule has 28 heavy (non-hydrogen) atoms. The van der Waals surface area contributed by atoms with Crippen molar-refractivity contribution >= 4 is 29.9 Å². The van der Waals surface area contributed by atoms with E-state index in [0.717, 1.165) is 51.5 Å². The standard InChI is InChI=1S/C18H27F3N4O2.HI/c1-2-22-17(23-6-8-25-9-12-26-13-10-25)24-7-11-27-16-5-3-4-15(14-16)18(19,20)21;/h3-5,14H,2,6-13H2,1H3,(H2,22,23,24);1H. The molecule has 0 aliphatic carbocycles. The molecule has 0 saturated carbocycles. The van der Waals surface area contributed by atoms with E-state index < -0.39 is 11.7 Å². The number of aliphatic imine (C=N–C) groups is 1. The minimum absolute atomic E-state index is 0. The molecule has 1 aliphatic heterocycles. The highest BCUT2D eigenvalue weighted by molar-refractivity contribution is 14.0. The number of hydrogen-bond donors (Lipinski definition) is 2. The molecule has 0 amide bonds. The van der Waals surface area contributed by atoms with Crippen LogP contribution in [0.4, 0.5) is 13.2 Å². The molecule has 0 atom stereocenters. The van der Waals surface area contributed by atoms with Crippen molar-refractivity contribution in [2.45, 2.75) is 13.1 Å². The van der Waals surface area contributed by atoms with Gasteiger partial charge in [0.25, 0.3) is 0 Å². The summed E-state index contributed by atoms with van der Waals surface area (Å²) in [6.07, 6.45) is -4.37. The predicted octanol–water partition coefficient (Wildman–Crippen LogP) is 2.59. The number of guanidine groups is 1. The molecule has 1 saturated heterocycles. The van der Waals surface area contributed by atoms with Crippen LogP contribution in [0.25, 0.3) is 0 Å². The third kappa shape index (κ3) is 9.28. The highest BCUT2D eigenvalue weighted by Gasteiger charge is 2.30. The second-order valence-corrected chi connectivity index (χ2v) is 6.02. The van der Waals surface area contributed by atoms with E-state index in [1.807, 2.05) is 6.92 Å². The number of benzene rings is 1. The summed E-state index contributed by atoms with van der Waals surface area (Å²) in [5, 5.41) is 6.26. The molecule has 1 heterocycles. The lowest BCUT2D eigenvalue weighted by Gasteiger charge is -2.25. The molecule has 0 unspecified atom stereocenters. The Morgan fingerprint density at radius 2 is 2.00 bits per heavy atom. The van der Waals surface area contributed by atoms with Crippen molar-refractivity contribution in [1.29, 1.82) is 0 Å². The number of rotatable bonds is 8. The Kier molecular flexibility index (Phi) is 11.5. The molecule has 1 fully saturated rings. The van der Waals surface area contributed by atoms with Gasteiger partial charge < -0.3 is 20.1 Å². The van der Waals surface area contributed by atoms with Gasteiger partial charge in [0.1, 0.15) is 12.4 Å². The summed E-state index contributed by atoms with van der Waals surface area (Å²) in [5.74, 6) is 0.860. The van der Waals surface area contributed by atoms with Crippen LogP contribution in [-0.2, 0) is 10.9 Å². The number of nitrogens with zero attached hydrogens (tertiary/aromatic N) is 2. The summed E-state index contributed by atoms with van der Waals surface area (Å²) in [6, 6.07) is 4.87. The first-order valence-corrected chi connectivity index (χ1v) is 9.11. The van der Waals surface area contributed by atoms with Crippen LogP contribution in [-0.4, -0.2) is 69.9 Å². The maximum atomic E-state index is 12.7. The molecule has 1 aromatic rings. The van der Waals surface area contributed by atoms with Crippen molar-refractivity contribution in [3.05, 3.63) is 29.8 Å². The lowest BCUT2D eigenvalue weighted by molar-refractivity contribution is -0.137. The molecule has 1 aliphatic rings. The van der Waals surface area contributed by atoms with E-state index in [1.165, 1.54) is 12.1 Å². The number of alkyl halides is 3. The van der Waals surface area contributed by atoms with Gasteiger partial charge in [0.2, 0.25) is 0 Å². The van der Waals surface area contributed by atoms with Crippen LogP contribution < -0.4 is 15.4 Å². The van der Waals surface area contributed by atoms with Gasteiger partial charge in [0.05, 0.1) is 31.9 Å². The fourth-order valence-corrected chi connectivity index (χ4v) is 2.57. The van der Waals surface area contributed by atoms with E-state index in [2.05, 4.69) is 20.5 Å². The van der Waals surface area contributed by atoms with Gasteiger partial charge in [-0.15, -0.1) is 24.0 Å². The van der Waals surface area contributed by atoms with Crippen molar-refractivity contribution in [2.24, 2.45) is 4.99 Å². The number of ether oxygens (including phenoxy) is 2. The summed E-state index contributed by atoms with van der Waals surface area (Å²) in [7, 11) is 0. The zero-order chi connectivity index (χ0) is 19.5. The highest BCUT2D eigenvalue weighted by Crippen LogP contribution is 2.31.